The Hall–Kier alpha value is 0.230. The molecule has 2 aromatic carbocycles. The van der Waals surface area contributed by atoms with Crippen LogP contribution in [0.5, 0.6) is 0 Å². The Balaban J connectivity index is 0.00000171. The Morgan fingerprint density at radius 1 is 0.581 bits per heavy atom. The molecular formula is C26H32Cl2HfP2. The van der Waals surface area contributed by atoms with Crippen molar-refractivity contribution in [1.82, 2.24) is 0 Å². The third kappa shape index (κ3) is 4.88. The van der Waals surface area contributed by atoms with Crippen molar-refractivity contribution in [2.75, 3.05) is 26.7 Å². The molecule has 0 fully saturated rings. The first-order valence-electron chi connectivity index (χ1n) is 10.4. The van der Waals surface area contributed by atoms with Crippen LogP contribution in [-0.2, 0) is 22.9 Å². The van der Waals surface area contributed by atoms with Gasteiger partial charge in [0.1, 0.15) is 0 Å². The molecule has 0 saturated carbocycles. The van der Waals surface area contributed by atoms with E-state index in [1.807, 2.05) is 0 Å². The second-order valence-electron chi connectivity index (χ2n) is 9.01. The maximum atomic E-state index is 2.60. The fourth-order valence-corrected chi connectivity index (χ4v) is 20.7. The van der Waals surface area contributed by atoms with Crippen molar-refractivity contribution in [3.8, 4) is 0 Å². The van der Waals surface area contributed by atoms with Crippen LogP contribution in [-0.4, -0.2) is 26.7 Å². The minimum atomic E-state index is -1.07. The van der Waals surface area contributed by atoms with Crippen LogP contribution < -0.4 is 24.8 Å². The Morgan fingerprint density at radius 3 is 1.23 bits per heavy atom. The maximum absolute atomic E-state index is 2.60. The molecule has 2 aromatic rings. The van der Waals surface area contributed by atoms with Gasteiger partial charge in [0.25, 0.3) is 0 Å². The first-order valence-corrected chi connectivity index (χ1v) is 19.1. The van der Waals surface area contributed by atoms with Crippen molar-refractivity contribution in [1.29, 1.82) is 0 Å². The van der Waals surface area contributed by atoms with Gasteiger partial charge in [-0.15, -0.1) is 0 Å². The number of hydrogen-bond donors (Lipinski definition) is 0. The van der Waals surface area contributed by atoms with Crippen LogP contribution >= 0.6 is 15.8 Å². The van der Waals surface area contributed by atoms with Gasteiger partial charge in [-0.25, -0.2) is 0 Å². The number of fused-ring (bicyclic) bond motifs is 2. The summed E-state index contributed by atoms with van der Waals surface area (Å²) >= 11 is -1.07. The first kappa shape index (κ1) is 27.5. The van der Waals surface area contributed by atoms with E-state index < -0.39 is 22.9 Å². The molecule has 0 N–H and O–H groups in total. The monoisotopic (exact) mass is 656 g/mol. The van der Waals surface area contributed by atoms with Crippen LogP contribution in [0, 0.1) is 27.7 Å². The number of hydrogen-bond acceptors (Lipinski definition) is 0. The quantitative estimate of drug-likeness (QED) is 0.350. The SMILES string of the molecule is Cc1ccc(C)c2c1C=C(P(C)C)[CH]2[Hf+2][CH]1C(P(C)C)=Cc2c(C)ccc(C)c21.[Cl-].[Cl-]. The second kappa shape index (κ2) is 10.7. The molecule has 5 heteroatoms. The van der Waals surface area contributed by atoms with Gasteiger partial charge in [-0.1, -0.05) is 0 Å². The van der Waals surface area contributed by atoms with Gasteiger partial charge < -0.3 is 24.8 Å². The average molecular weight is 656 g/mol. The first-order chi connectivity index (χ1) is 13.7. The van der Waals surface area contributed by atoms with E-state index in [1.54, 1.807) is 32.9 Å². The minimum Gasteiger partial charge on any atom is -1.00 e. The van der Waals surface area contributed by atoms with E-state index in [9.17, 15) is 0 Å². The maximum Gasteiger partial charge on any atom is -1.00 e. The number of allylic oxidation sites excluding steroid dienone is 2. The Kier molecular flexibility index (Phi) is 9.45. The molecule has 0 aliphatic heterocycles. The largest absolute Gasteiger partial charge is 1.00 e. The fourth-order valence-electron chi connectivity index (χ4n) is 4.90. The summed E-state index contributed by atoms with van der Waals surface area (Å²) in [5, 5.41) is 3.57. The Morgan fingerprint density at radius 2 is 0.903 bits per heavy atom. The van der Waals surface area contributed by atoms with E-state index in [4.69, 9.17) is 0 Å². The molecule has 4 rings (SSSR count). The van der Waals surface area contributed by atoms with Gasteiger partial charge in [-0.05, 0) is 0 Å². The minimum absolute atomic E-state index is 0. The smallest absolute Gasteiger partial charge is 1.00 e. The number of rotatable bonds is 4. The van der Waals surface area contributed by atoms with Crippen LogP contribution in [0.4, 0.5) is 0 Å². The summed E-state index contributed by atoms with van der Waals surface area (Å²) in [6.07, 6.45) is 5.20. The summed E-state index contributed by atoms with van der Waals surface area (Å²) in [6, 6.07) is 9.40. The van der Waals surface area contributed by atoms with Crippen molar-refractivity contribution in [2.24, 2.45) is 0 Å². The van der Waals surface area contributed by atoms with Gasteiger partial charge in [-0.3, -0.25) is 0 Å². The molecule has 2 aliphatic rings. The van der Waals surface area contributed by atoms with Crippen molar-refractivity contribution in [3.05, 3.63) is 79.4 Å². The van der Waals surface area contributed by atoms with Gasteiger partial charge in [0, 0.05) is 0 Å². The predicted octanol–water partition coefficient (Wildman–Crippen LogP) is 1.99. The van der Waals surface area contributed by atoms with E-state index >= 15 is 0 Å². The van der Waals surface area contributed by atoms with Crippen molar-refractivity contribution in [3.63, 3.8) is 0 Å². The molecule has 2 aliphatic carbocycles. The molecule has 164 valence electrons. The van der Waals surface area contributed by atoms with Crippen molar-refractivity contribution < 1.29 is 47.7 Å². The summed E-state index contributed by atoms with van der Waals surface area (Å²) < 4.78 is 1.53. The Bertz CT molecular complexity index is 970. The van der Waals surface area contributed by atoms with Crippen LogP contribution in [0.1, 0.15) is 51.9 Å². The number of aryl methyl sites for hydroxylation is 4. The van der Waals surface area contributed by atoms with Gasteiger partial charge in [-0.2, -0.15) is 0 Å². The number of benzene rings is 2. The molecule has 0 nitrogen and oxygen atoms in total. The summed E-state index contributed by atoms with van der Waals surface area (Å²) in [6.45, 7) is 19.2. The van der Waals surface area contributed by atoms with Gasteiger partial charge in [0.15, 0.2) is 0 Å². The van der Waals surface area contributed by atoms with E-state index in [0.717, 1.165) is 7.35 Å². The number of halogens is 2. The molecule has 2 unspecified atom stereocenters. The predicted molar refractivity (Wildman–Crippen MR) is 131 cm³/mol. The van der Waals surface area contributed by atoms with E-state index in [2.05, 4.69) is 90.8 Å². The molecule has 2 atom stereocenters. The molecule has 0 aromatic heterocycles. The van der Waals surface area contributed by atoms with Crippen LogP contribution in [0.15, 0.2) is 34.9 Å². The standard InChI is InChI=1S/2C13H16P.2ClH.Hf/c2*1-9-5-6-10(2)13-8-11(14(3)4)7-12(9)13;;;/h2*5-8H,1-4H3;2*1H;/q;;;;+2/p-2. The summed E-state index contributed by atoms with van der Waals surface area (Å²) in [7, 11) is -0.0949. The topological polar surface area (TPSA) is 0 Å². The molecule has 0 saturated heterocycles. The zero-order valence-electron chi connectivity index (χ0n) is 19.8. The van der Waals surface area contributed by atoms with Gasteiger partial charge in [0.05, 0.1) is 0 Å². The zero-order valence-corrected chi connectivity index (χ0v) is 26.7. The summed E-state index contributed by atoms with van der Waals surface area (Å²) in [5.41, 5.74) is 12.5. The molecule has 0 spiro atoms. The van der Waals surface area contributed by atoms with Crippen molar-refractivity contribution >= 4 is 28.0 Å². The van der Waals surface area contributed by atoms with Gasteiger partial charge in [0.2, 0.25) is 0 Å². The molecular weight excluding hydrogens is 624 g/mol. The van der Waals surface area contributed by atoms with Crippen LogP contribution in [0.2, 0.25) is 0 Å². The molecule has 0 amide bonds. The van der Waals surface area contributed by atoms with E-state index in [1.165, 1.54) is 22.3 Å². The van der Waals surface area contributed by atoms with E-state index in [-0.39, 0.29) is 40.7 Å². The summed E-state index contributed by atoms with van der Waals surface area (Å²) in [4.78, 5) is 0. The van der Waals surface area contributed by atoms with Gasteiger partial charge >= 0.3 is 192 Å². The third-order valence-electron chi connectivity index (χ3n) is 6.57. The Labute approximate surface area is 215 Å². The van der Waals surface area contributed by atoms with Crippen molar-refractivity contribution in [2.45, 2.75) is 35.0 Å². The van der Waals surface area contributed by atoms with E-state index in [0.29, 0.717) is 0 Å². The molecule has 0 radical (unpaired) electrons. The van der Waals surface area contributed by atoms with Crippen LogP contribution in [0.25, 0.3) is 12.2 Å². The molecule has 31 heavy (non-hydrogen) atoms. The zero-order chi connectivity index (χ0) is 21.0. The summed E-state index contributed by atoms with van der Waals surface area (Å²) in [5.74, 6) is 0. The second-order valence-corrected chi connectivity index (χ2v) is 19.0. The van der Waals surface area contributed by atoms with Crippen LogP contribution in [0.3, 0.4) is 0 Å². The normalized spacial score (nSPS) is 18.6. The molecule has 0 heterocycles. The average Bonchev–Trinajstić information content (AvgIpc) is 3.23. The molecule has 0 bridgehead atoms. The third-order valence-corrected chi connectivity index (χ3v) is 17.9. The fraction of sp³-hybridized carbons (Fsp3) is 0.385.